The minimum atomic E-state index is -2.21. The minimum Gasteiger partial charge on any atom is -0.413 e. The van der Waals surface area contributed by atoms with E-state index >= 15 is 0 Å². The molecule has 0 aliphatic rings. The second-order valence-corrected chi connectivity index (χ2v) is 28.9. The molecular formula is C40H73NO5SSi2. The lowest BCUT2D eigenvalue weighted by Crippen LogP contribution is -2.51. The van der Waals surface area contributed by atoms with Crippen LogP contribution in [-0.4, -0.2) is 56.6 Å². The van der Waals surface area contributed by atoms with Gasteiger partial charge in [-0.3, -0.25) is 9.59 Å². The first-order valence-corrected chi connectivity index (χ1v) is 25.1. The molecule has 1 N–H and O–H groups in total. The van der Waals surface area contributed by atoms with Gasteiger partial charge in [0.05, 0.1) is 34.4 Å². The number of carbonyl (C=O) groups is 2. The van der Waals surface area contributed by atoms with Crippen LogP contribution in [0.25, 0.3) is 6.08 Å². The van der Waals surface area contributed by atoms with E-state index in [1.807, 2.05) is 13.8 Å². The normalized spacial score (nSPS) is 17.4. The largest absolute Gasteiger partial charge is 0.413 e. The Labute approximate surface area is 307 Å². The van der Waals surface area contributed by atoms with Crippen LogP contribution in [0.15, 0.2) is 22.6 Å². The summed E-state index contributed by atoms with van der Waals surface area (Å²) in [5.74, 6) is -0.438. The Kier molecular flexibility index (Phi) is 16.8. The Bertz CT molecular complexity index is 1300. The molecule has 0 unspecified atom stereocenters. The van der Waals surface area contributed by atoms with Crippen molar-refractivity contribution in [3.05, 3.63) is 33.3 Å². The van der Waals surface area contributed by atoms with Crippen LogP contribution in [0.3, 0.4) is 0 Å². The molecule has 0 aliphatic carbocycles. The molecule has 0 aliphatic heterocycles. The fraction of sp³-hybridized carbons (Fsp3) is 0.775. The molecule has 0 fully saturated rings. The summed E-state index contributed by atoms with van der Waals surface area (Å²) >= 11 is 1.67. The van der Waals surface area contributed by atoms with Gasteiger partial charge in [-0.15, -0.1) is 11.3 Å². The zero-order valence-electron chi connectivity index (χ0n) is 34.6. The predicted molar refractivity (Wildman–Crippen MR) is 215 cm³/mol. The number of aromatic nitrogens is 1. The summed E-state index contributed by atoms with van der Waals surface area (Å²) in [6.45, 7) is 38.2. The van der Waals surface area contributed by atoms with Crippen molar-refractivity contribution >= 4 is 45.6 Å². The number of aliphatic hydroxyl groups is 1. The third kappa shape index (κ3) is 13.7. The number of Topliss-reactive ketones (excluding diaryl/α,β-unsaturated/α-hetero) is 2. The Balaban J connectivity index is 3.19. The number of aliphatic hydroxyl groups excluding tert-OH is 1. The van der Waals surface area contributed by atoms with Gasteiger partial charge in [-0.1, -0.05) is 80.9 Å². The van der Waals surface area contributed by atoms with Crippen molar-refractivity contribution in [1.82, 2.24) is 4.98 Å². The maximum Gasteiger partial charge on any atom is 0.192 e. The van der Waals surface area contributed by atoms with E-state index in [0.717, 1.165) is 36.4 Å². The van der Waals surface area contributed by atoms with Gasteiger partial charge in [0, 0.05) is 17.7 Å². The maximum atomic E-state index is 14.0. The second-order valence-electron chi connectivity index (χ2n) is 18.3. The van der Waals surface area contributed by atoms with Gasteiger partial charge >= 0.3 is 0 Å². The molecule has 0 amide bonds. The van der Waals surface area contributed by atoms with Crippen molar-refractivity contribution < 1.29 is 23.5 Å². The average Bonchev–Trinajstić information content (AvgIpc) is 3.35. The van der Waals surface area contributed by atoms with Gasteiger partial charge in [0.2, 0.25) is 0 Å². The Morgan fingerprint density at radius 1 is 0.939 bits per heavy atom. The lowest BCUT2D eigenvalue weighted by Gasteiger charge is -2.44. The zero-order chi connectivity index (χ0) is 38.3. The van der Waals surface area contributed by atoms with Crippen LogP contribution in [-0.2, 0) is 18.4 Å². The standard InChI is InChI=1S/C40H73NO5SSi2/c1-27(22-23-34(45-48(15,16)38(7,8)9)29(3)24-33-26-47-32(6)41-33)20-19-21-28(2)36(46-49(17,18)39(10,11)12)31(5)37(44)40(13,14)35(43)25-30(4)42/h22,24,26,28,31,34-36,43H,19-21,23,25H2,1-18H3/b27-22-,29-24+/t28-,31+,34-,35-,36-/m0/s1. The van der Waals surface area contributed by atoms with Crippen LogP contribution >= 0.6 is 11.3 Å². The van der Waals surface area contributed by atoms with Crippen LogP contribution in [0.2, 0.25) is 36.3 Å². The SMILES string of the molecule is CC(=O)C[C@H](O)C(C)(C)C(=O)[C@H](C)[C@@H](O[Si](C)(C)C(C)(C)C)[C@@H](C)CCC/C(C)=C\C[C@H](O[Si](C)(C)C(C)(C)C)/C(C)=C/c1csc(C)n1. The summed E-state index contributed by atoms with van der Waals surface area (Å²) in [5.41, 5.74) is 2.49. The lowest BCUT2D eigenvalue weighted by atomic mass is 9.72. The fourth-order valence-corrected chi connectivity index (χ4v) is 8.95. The molecule has 0 spiro atoms. The van der Waals surface area contributed by atoms with Gasteiger partial charge in [0.15, 0.2) is 16.6 Å². The predicted octanol–water partition coefficient (Wildman–Crippen LogP) is 11.3. The molecule has 49 heavy (non-hydrogen) atoms. The number of ketones is 2. The number of aryl methyl sites for hydroxylation is 1. The molecule has 6 nitrogen and oxygen atoms in total. The van der Waals surface area contributed by atoms with Crippen LogP contribution < -0.4 is 0 Å². The molecule has 1 rings (SSSR count). The van der Waals surface area contributed by atoms with Gasteiger partial charge in [-0.05, 0) is 107 Å². The molecule has 0 radical (unpaired) electrons. The number of carbonyl (C=O) groups excluding carboxylic acids is 2. The first-order valence-electron chi connectivity index (χ1n) is 18.4. The van der Waals surface area contributed by atoms with E-state index in [9.17, 15) is 14.7 Å². The molecular weight excluding hydrogens is 663 g/mol. The highest BCUT2D eigenvalue weighted by atomic mass is 32.1. The Hall–Kier alpha value is -1.24. The molecule has 5 atom stereocenters. The van der Waals surface area contributed by atoms with Crippen molar-refractivity contribution in [2.75, 3.05) is 0 Å². The van der Waals surface area contributed by atoms with Crippen LogP contribution in [0.1, 0.15) is 133 Å². The molecule has 0 saturated heterocycles. The molecule has 282 valence electrons. The van der Waals surface area contributed by atoms with Crippen molar-refractivity contribution in [2.24, 2.45) is 17.3 Å². The van der Waals surface area contributed by atoms with Gasteiger partial charge in [-0.25, -0.2) is 4.98 Å². The van der Waals surface area contributed by atoms with E-state index in [1.54, 1.807) is 25.2 Å². The monoisotopic (exact) mass is 735 g/mol. The number of thiazole rings is 1. The third-order valence-electron chi connectivity index (χ3n) is 11.3. The molecule has 0 saturated carbocycles. The summed E-state index contributed by atoms with van der Waals surface area (Å²) in [4.78, 5) is 30.4. The van der Waals surface area contributed by atoms with E-state index < -0.39 is 34.1 Å². The van der Waals surface area contributed by atoms with E-state index in [0.29, 0.717) is 0 Å². The smallest absolute Gasteiger partial charge is 0.192 e. The fourth-order valence-electron chi connectivity index (χ4n) is 5.57. The lowest BCUT2D eigenvalue weighted by molar-refractivity contribution is -0.142. The number of nitrogens with zero attached hydrogens (tertiary/aromatic N) is 1. The highest BCUT2D eigenvalue weighted by Gasteiger charge is 2.46. The number of rotatable bonds is 19. The van der Waals surface area contributed by atoms with Gasteiger partial charge in [0.25, 0.3) is 0 Å². The average molecular weight is 736 g/mol. The highest BCUT2D eigenvalue weighted by Crippen LogP contribution is 2.42. The molecule has 1 aromatic rings. The van der Waals surface area contributed by atoms with E-state index in [1.165, 1.54) is 18.1 Å². The number of hydrogen-bond donors (Lipinski definition) is 1. The molecule has 1 heterocycles. The highest BCUT2D eigenvalue weighted by molar-refractivity contribution is 7.09. The summed E-state index contributed by atoms with van der Waals surface area (Å²) in [6.07, 6.45) is 6.89. The van der Waals surface area contributed by atoms with Crippen LogP contribution in [0, 0.1) is 24.2 Å². The van der Waals surface area contributed by atoms with Crippen LogP contribution in [0.4, 0.5) is 0 Å². The maximum absolute atomic E-state index is 14.0. The van der Waals surface area contributed by atoms with E-state index in [2.05, 4.69) is 111 Å². The van der Waals surface area contributed by atoms with E-state index in [-0.39, 0.29) is 46.2 Å². The minimum absolute atomic E-state index is 0.00675. The summed E-state index contributed by atoms with van der Waals surface area (Å²) in [5, 5.41) is 14.1. The summed E-state index contributed by atoms with van der Waals surface area (Å²) < 4.78 is 14.0. The molecule has 9 heteroatoms. The van der Waals surface area contributed by atoms with Crippen LogP contribution in [0.5, 0.6) is 0 Å². The summed E-state index contributed by atoms with van der Waals surface area (Å²) in [6, 6.07) is 0. The molecule has 0 bridgehead atoms. The first kappa shape index (κ1) is 45.8. The van der Waals surface area contributed by atoms with Crippen molar-refractivity contribution in [3.63, 3.8) is 0 Å². The van der Waals surface area contributed by atoms with Crippen molar-refractivity contribution in [2.45, 2.75) is 184 Å². The molecule has 0 aromatic carbocycles. The van der Waals surface area contributed by atoms with E-state index in [4.69, 9.17) is 8.85 Å². The third-order valence-corrected chi connectivity index (χ3v) is 21.1. The van der Waals surface area contributed by atoms with Crippen molar-refractivity contribution in [1.29, 1.82) is 0 Å². The number of hydrogen-bond acceptors (Lipinski definition) is 7. The quantitative estimate of drug-likeness (QED) is 0.112. The Morgan fingerprint density at radius 3 is 1.94 bits per heavy atom. The van der Waals surface area contributed by atoms with Gasteiger partial charge < -0.3 is 14.0 Å². The van der Waals surface area contributed by atoms with Gasteiger partial charge in [0.1, 0.15) is 11.6 Å². The topological polar surface area (TPSA) is 85.7 Å². The molecule has 1 aromatic heterocycles. The van der Waals surface area contributed by atoms with Crippen molar-refractivity contribution in [3.8, 4) is 0 Å². The zero-order valence-corrected chi connectivity index (χ0v) is 37.4. The van der Waals surface area contributed by atoms with Gasteiger partial charge in [-0.2, -0.15) is 0 Å². The Morgan fingerprint density at radius 2 is 1.47 bits per heavy atom. The first-order chi connectivity index (χ1) is 22.0. The second kappa shape index (κ2) is 18.0. The summed E-state index contributed by atoms with van der Waals surface area (Å²) in [7, 11) is -4.22. The number of allylic oxidation sites excluding steroid dienone is 1.